The smallest absolute Gasteiger partial charge is 0.338 e. The summed E-state index contributed by atoms with van der Waals surface area (Å²) in [4.78, 5) is 51.5. The molecule has 0 radical (unpaired) electrons. The Hall–Kier alpha value is -2.90. The molecule has 2 heterocycles. The monoisotopic (exact) mass is 387 g/mol. The normalized spacial score (nSPS) is 20.3. The Kier molecular flexibility index (Phi) is 5.96. The fourth-order valence-corrected chi connectivity index (χ4v) is 3.76. The molecule has 2 fully saturated rings. The zero-order valence-corrected chi connectivity index (χ0v) is 15.9. The van der Waals surface area contributed by atoms with Crippen LogP contribution in [0.1, 0.15) is 36.5 Å². The number of anilines is 1. The molecule has 2 N–H and O–H groups in total. The quantitative estimate of drug-likeness (QED) is 0.756. The lowest BCUT2D eigenvalue weighted by Gasteiger charge is -2.32. The van der Waals surface area contributed by atoms with Gasteiger partial charge >= 0.3 is 5.97 Å². The SMILES string of the molecule is CCOC(=O)c1ccc(N2C[C@@H](C(=O)N3CCC(C(N)=O)CC3)CC2=O)cc1. The van der Waals surface area contributed by atoms with Crippen molar-refractivity contribution < 1.29 is 23.9 Å². The van der Waals surface area contributed by atoms with Gasteiger partial charge in [-0.25, -0.2) is 4.79 Å². The van der Waals surface area contributed by atoms with E-state index in [1.807, 2.05) is 0 Å². The van der Waals surface area contributed by atoms with Crippen LogP contribution in [0, 0.1) is 11.8 Å². The average Bonchev–Trinajstić information content (AvgIpc) is 3.09. The van der Waals surface area contributed by atoms with Crippen LogP contribution in [0.15, 0.2) is 24.3 Å². The summed E-state index contributed by atoms with van der Waals surface area (Å²) in [6.45, 7) is 3.33. The summed E-state index contributed by atoms with van der Waals surface area (Å²) in [6.07, 6.45) is 1.30. The molecule has 2 aliphatic rings. The summed E-state index contributed by atoms with van der Waals surface area (Å²) in [5, 5.41) is 0. The number of amides is 3. The molecule has 3 amide bonds. The predicted molar refractivity (Wildman–Crippen MR) is 101 cm³/mol. The first kappa shape index (κ1) is 19.9. The number of esters is 1. The second-order valence-corrected chi connectivity index (χ2v) is 7.17. The van der Waals surface area contributed by atoms with E-state index in [1.165, 1.54) is 0 Å². The summed E-state index contributed by atoms with van der Waals surface area (Å²) in [6, 6.07) is 6.61. The Morgan fingerprint density at radius 3 is 2.32 bits per heavy atom. The fraction of sp³-hybridized carbons (Fsp3) is 0.500. The van der Waals surface area contributed by atoms with E-state index in [2.05, 4.69) is 0 Å². The highest BCUT2D eigenvalue weighted by Crippen LogP contribution is 2.28. The number of piperidine rings is 1. The number of rotatable bonds is 5. The zero-order valence-electron chi connectivity index (χ0n) is 15.9. The molecule has 1 atom stereocenters. The number of benzene rings is 1. The second kappa shape index (κ2) is 8.41. The second-order valence-electron chi connectivity index (χ2n) is 7.17. The summed E-state index contributed by atoms with van der Waals surface area (Å²) in [7, 11) is 0. The lowest BCUT2D eigenvalue weighted by molar-refractivity contribution is -0.138. The first-order valence-corrected chi connectivity index (χ1v) is 9.56. The summed E-state index contributed by atoms with van der Waals surface area (Å²) < 4.78 is 4.95. The lowest BCUT2D eigenvalue weighted by Crippen LogP contribution is -2.44. The Balaban J connectivity index is 1.61. The topological polar surface area (TPSA) is 110 Å². The molecule has 0 saturated carbocycles. The minimum atomic E-state index is -0.408. The number of nitrogens with zero attached hydrogens (tertiary/aromatic N) is 2. The molecule has 8 nitrogen and oxygen atoms in total. The van der Waals surface area contributed by atoms with Crippen molar-refractivity contribution in [1.29, 1.82) is 0 Å². The highest BCUT2D eigenvalue weighted by Gasteiger charge is 2.38. The van der Waals surface area contributed by atoms with Crippen molar-refractivity contribution in [2.75, 3.05) is 31.1 Å². The van der Waals surface area contributed by atoms with Crippen molar-refractivity contribution in [1.82, 2.24) is 4.90 Å². The van der Waals surface area contributed by atoms with Crippen LogP contribution in [-0.2, 0) is 19.1 Å². The molecule has 0 bridgehead atoms. The maximum Gasteiger partial charge on any atom is 0.338 e. The van der Waals surface area contributed by atoms with E-state index in [9.17, 15) is 19.2 Å². The molecule has 1 aromatic carbocycles. The highest BCUT2D eigenvalue weighted by molar-refractivity contribution is 6.00. The van der Waals surface area contributed by atoms with Gasteiger partial charge < -0.3 is 20.3 Å². The predicted octanol–water partition coefficient (Wildman–Crippen LogP) is 0.940. The van der Waals surface area contributed by atoms with Gasteiger partial charge in [-0.3, -0.25) is 14.4 Å². The summed E-state index contributed by atoms with van der Waals surface area (Å²) in [5.41, 5.74) is 6.41. The number of hydrogen-bond donors (Lipinski definition) is 1. The molecule has 2 aliphatic heterocycles. The van der Waals surface area contributed by atoms with Gasteiger partial charge in [0.25, 0.3) is 0 Å². The summed E-state index contributed by atoms with van der Waals surface area (Å²) in [5.74, 6) is -1.47. The Morgan fingerprint density at radius 1 is 1.11 bits per heavy atom. The molecule has 0 unspecified atom stereocenters. The van der Waals surface area contributed by atoms with Gasteiger partial charge in [0.05, 0.1) is 18.1 Å². The highest BCUT2D eigenvalue weighted by atomic mass is 16.5. The van der Waals surface area contributed by atoms with Crippen LogP contribution in [0.3, 0.4) is 0 Å². The largest absolute Gasteiger partial charge is 0.462 e. The maximum absolute atomic E-state index is 12.8. The van der Waals surface area contributed by atoms with Crippen molar-refractivity contribution >= 4 is 29.4 Å². The van der Waals surface area contributed by atoms with Crippen LogP contribution in [0.2, 0.25) is 0 Å². The fourth-order valence-electron chi connectivity index (χ4n) is 3.76. The number of nitrogens with two attached hydrogens (primary N) is 1. The molecular formula is C20H25N3O5. The number of primary amides is 1. The van der Waals surface area contributed by atoms with Gasteiger partial charge in [-0.1, -0.05) is 0 Å². The molecule has 8 heteroatoms. The molecule has 0 spiro atoms. The minimum Gasteiger partial charge on any atom is -0.462 e. The molecule has 2 saturated heterocycles. The van der Waals surface area contributed by atoms with Crippen molar-refractivity contribution in [3.05, 3.63) is 29.8 Å². The van der Waals surface area contributed by atoms with Crippen LogP contribution < -0.4 is 10.6 Å². The van der Waals surface area contributed by atoms with E-state index >= 15 is 0 Å². The van der Waals surface area contributed by atoms with Gasteiger partial charge in [-0.05, 0) is 44.0 Å². The summed E-state index contributed by atoms with van der Waals surface area (Å²) >= 11 is 0. The van der Waals surface area contributed by atoms with E-state index in [0.717, 1.165) is 0 Å². The van der Waals surface area contributed by atoms with Crippen LogP contribution in [0.25, 0.3) is 0 Å². The van der Waals surface area contributed by atoms with Gasteiger partial charge in [0.1, 0.15) is 0 Å². The number of hydrogen-bond acceptors (Lipinski definition) is 5. The standard InChI is InChI=1S/C20H25N3O5/c1-2-28-20(27)14-3-5-16(6-4-14)23-12-15(11-17(23)24)19(26)22-9-7-13(8-10-22)18(21)25/h3-6,13,15H,2,7-12H2,1H3,(H2,21,25)/t15-/m0/s1. The molecule has 3 rings (SSSR count). The third-order valence-electron chi connectivity index (χ3n) is 5.37. The Morgan fingerprint density at radius 2 is 1.75 bits per heavy atom. The molecule has 0 aromatic heterocycles. The van der Waals surface area contributed by atoms with Crippen LogP contribution in [-0.4, -0.2) is 54.8 Å². The van der Waals surface area contributed by atoms with E-state index in [0.29, 0.717) is 50.3 Å². The van der Waals surface area contributed by atoms with Gasteiger partial charge in [0, 0.05) is 37.7 Å². The van der Waals surface area contributed by atoms with Crippen molar-refractivity contribution in [3.63, 3.8) is 0 Å². The van der Waals surface area contributed by atoms with Crippen LogP contribution >= 0.6 is 0 Å². The maximum atomic E-state index is 12.8. The van der Waals surface area contributed by atoms with E-state index in [-0.39, 0.29) is 30.1 Å². The molecule has 1 aromatic rings. The third-order valence-corrected chi connectivity index (χ3v) is 5.37. The number of carbonyl (C=O) groups excluding carboxylic acids is 4. The van der Waals surface area contributed by atoms with Gasteiger partial charge in [0.15, 0.2) is 0 Å². The van der Waals surface area contributed by atoms with Gasteiger partial charge in [0.2, 0.25) is 17.7 Å². The minimum absolute atomic E-state index is 0.0538. The Labute approximate surface area is 163 Å². The van der Waals surface area contributed by atoms with Crippen molar-refractivity contribution in [3.8, 4) is 0 Å². The average molecular weight is 387 g/mol. The van der Waals surface area contributed by atoms with E-state index < -0.39 is 11.9 Å². The Bertz CT molecular complexity index is 769. The molecule has 0 aliphatic carbocycles. The number of likely N-dealkylation sites (tertiary alicyclic amines) is 1. The van der Waals surface area contributed by atoms with Crippen LogP contribution in [0.5, 0.6) is 0 Å². The third kappa shape index (κ3) is 4.16. The molecular weight excluding hydrogens is 362 g/mol. The van der Waals surface area contributed by atoms with Gasteiger partial charge in [-0.15, -0.1) is 0 Å². The molecule has 150 valence electrons. The zero-order chi connectivity index (χ0) is 20.3. The molecule has 28 heavy (non-hydrogen) atoms. The number of carbonyl (C=O) groups is 4. The van der Waals surface area contributed by atoms with Crippen molar-refractivity contribution in [2.24, 2.45) is 17.6 Å². The van der Waals surface area contributed by atoms with Crippen LogP contribution in [0.4, 0.5) is 5.69 Å². The first-order valence-electron chi connectivity index (χ1n) is 9.56. The van der Waals surface area contributed by atoms with E-state index in [4.69, 9.17) is 10.5 Å². The lowest BCUT2D eigenvalue weighted by atomic mass is 9.95. The first-order chi connectivity index (χ1) is 13.4. The number of ether oxygens (including phenoxy) is 1. The van der Waals surface area contributed by atoms with E-state index in [1.54, 1.807) is 41.0 Å². The van der Waals surface area contributed by atoms with Gasteiger partial charge in [-0.2, -0.15) is 0 Å². The van der Waals surface area contributed by atoms with Crippen molar-refractivity contribution in [2.45, 2.75) is 26.2 Å².